The summed E-state index contributed by atoms with van der Waals surface area (Å²) in [6.07, 6.45) is 0. The third-order valence-corrected chi connectivity index (χ3v) is 6.12. The summed E-state index contributed by atoms with van der Waals surface area (Å²) in [7, 11) is -2.52. The highest BCUT2D eigenvalue weighted by Crippen LogP contribution is 2.28. The predicted molar refractivity (Wildman–Crippen MR) is 107 cm³/mol. The summed E-state index contributed by atoms with van der Waals surface area (Å²) in [6.45, 7) is 5.67. The minimum atomic E-state index is -3.87. The van der Waals surface area contributed by atoms with E-state index in [-0.39, 0.29) is 16.5 Å². The molecule has 0 radical (unpaired) electrons. The Morgan fingerprint density at radius 1 is 1.19 bits per heavy atom. The van der Waals surface area contributed by atoms with Crippen LogP contribution in [0.3, 0.4) is 0 Å². The Morgan fingerprint density at radius 2 is 1.81 bits per heavy atom. The highest BCUT2D eigenvalue weighted by molar-refractivity contribution is 7.89. The Kier molecular flexibility index (Phi) is 6.86. The van der Waals surface area contributed by atoms with Gasteiger partial charge in [-0.2, -0.15) is 4.31 Å². The molecule has 0 aliphatic carbocycles. The van der Waals surface area contributed by atoms with Gasteiger partial charge in [0.05, 0.1) is 23.1 Å². The van der Waals surface area contributed by atoms with Crippen molar-refractivity contribution >= 4 is 33.2 Å². The first-order valence-corrected chi connectivity index (χ1v) is 10.2. The minimum absolute atomic E-state index is 0.00155. The van der Waals surface area contributed by atoms with E-state index in [1.165, 1.54) is 25.2 Å². The number of aryl methyl sites for hydroxylation is 2. The topological polar surface area (TPSA) is 75.7 Å². The van der Waals surface area contributed by atoms with Crippen LogP contribution >= 0.6 is 11.6 Å². The minimum Gasteiger partial charge on any atom is -0.492 e. The van der Waals surface area contributed by atoms with E-state index >= 15 is 0 Å². The van der Waals surface area contributed by atoms with Gasteiger partial charge in [-0.25, -0.2) is 8.42 Å². The largest absolute Gasteiger partial charge is 0.492 e. The summed E-state index contributed by atoms with van der Waals surface area (Å²) in [6, 6.07) is 9.89. The van der Waals surface area contributed by atoms with E-state index < -0.39 is 15.9 Å². The Balaban J connectivity index is 2.15. The third-order valence-electron chi connectivity index (χ3n) is 4.02. The Labute approximate surface area is 165 Å². The number of halogens is 1. The number of anilines is 1. The number of benzene rings is 2. The van der Waals surface area contributed by atoms with Gasteiger partial charge in [0.15, 0.2) is 0 Å². The van der Waals surface area contributed by atoms with E-state index in [1.807, 2.05) is 39.0 Å². The molecule has 0 heterocycles. The van der Waals surface area contributed by atoms with Crippen LogP contribution in [0.25, 0.3) is 0 Å². The zero-order valence-corrected chi connectivity index (χ0v) is 17.3. The van der Waals surface area contributed by atoms with Crippen molar-refractivity contribution in [1.29, 1.82) is 0 Å². The van der Waals surface area contributed by atoms with Gasteiger partial charge < -0.3 is 10.1 Å². The van der Waals surface area contributed by atoms with Gasteiger partial charge in [-0.15, -0.1) is 0 Å². The first kappa shape index (κ1) is 21.2. The van der Waals surface area contributed by atoms with Gasteiger partial charge in [0.25, 0.3) is 0 Å². The standard InChI is InChI=1S/C19H23ClN2O4S/c1-5-26-17-10-9-15(11-16(17)20)27(24,25)22(4)12-18(23)21-19-13(2)7-6-8-14(19)3/h6-11H,5,12H2,1-4H3,(H,21,23). The van der Waals surface area contributed by atoms with Gasteiger partial charge in [0.2, 0.25) is 15.9 Å². The molecule has 1 N–H and O–H groups in total. The highest BCUT2D eigenvalue weighted by atomic mass is 35.5. The van der Waals surface area contributed by atoms with Crippen molar-refractivity contribution in [2.75, 3.05) is 25.5 Å². The Hall–Kier alpha value is -2.09. The number of nitrogens with zero attached hydrogens (tertiary/aromatic N) is 1. The number of hydrogen-bond donors (Lipinski definition) is 1. The molecule has 0 saturated carbocycles. The van der Waals surface area contributed by atoms with Crippen molar-refractivity contribution in [1.82, 2.24) is 4.31 Å². The molecule has 2 aromatic carbocycles. The molecule has 0 bridgehead atoms. The molecule has 0 atom stereocenters. The molecule has 8 heteroatoms. The van der Waals surface area contributed by atoms with Crippen molar-refractivity contribution in [3.63, 3.8) is 0 Å². The molecule has 6 nitrogen and oxygen atoms in total. The maximum absolute atomic E-state index is 12.7. The average Bonchev–Trinajstić information content (AvgIpc) is 2.60. The maximum atomic E-state index is 12.7. The Morgan fingerprint density at radius 3 is 2.37 bits per heavy atom. The quantitative estimate of drug-likeness (QED) is 0.756. The zero-order valence-electron chi connectivity index (χ0n) is 15.7. The van der Waals surface area contributed by atoms with Gasteiger partial charge in [0.1, 0.15) is 5.75 Å². The van der Waals surface area contributed by atoms with Crippen LogP contribution in [-0.2, 0) is 14.8 Å². The van der Waals surface area contributed by atoms with E-state index in [9.17, 15) is 13.2 Å². The van der Waals surface area contributed by atoms with Crippen LogP contribution < -0.4 is 10.1 Å². The number of amides is 1. The van der Waals surface area contributed by atoms with Crippen LogP contribution in [-0.4, -0.2) is 38.8 Å². The van der Waals surface area contributed by atoms with E-state index in [0.717, 1.165) is 15.4 Å². The van der Waals surface area contributed by atoms with Crippen molar-refractivity contribution in [3.05, 3.63) is 52.5 Å². The summed E-state index contributed by atoms with van der Waals surface area (Å²) in [5.74, 6) is -0.0101. The second kappa shape index (κ2) is 8.73. The fourth-order valence-corrected chi connectivity index (χ4v) is 4.03. The maximum Gasteiger partial charge on any atom is 0.243 e. The number of carbonyl (C=O) groups excluding carboxylic acids is 1. The molecule has 1 amide bonds. The number of ether oxygens (including phenoxy) is 1. The van der Waals surface area contributed by atoms with Crippen LogP contribution in [0, 0.1) is 13.8 Å². The lowest BCUT2D eigenvalue weighted by atomic mass is 10.1. The summed E-state index contributed by atoms with van der Waals surface area (Å²) in [5, 5.41) is 2.98. The Bertz CT molecular complexity index is 924. The van der Waals surface area contributed by atoms with E-state index in [0.29, 0.717) is 18.0 Å². The van der Waals surface area contributed by atoms with E-state index in [4.69, 9.17) is 16.3 Å². The molecule has 2 aromatic rings. The first-order valence-electron chi connectivity index (χ1n) is 8.41. The molecule has 27 heavy (non-hydrogen) atoms. The second-order valence-corrected chi connectivity index (χ2v) is 8.55. The number of rotatable bonds is 7. The molecule has 0 aliphatic rings. The first-order chi connectivity index (χ1) is 12.7. The lowest BCUT2D eigenvalue weighted by Crippen LogP contribution is -2.35. The lowest BCUT2D eigenvalue weighted by molar-refractivity contribution is -0.116. The number of para-hydroxylation sites is 1. The van der Waals surface area contributed by atoms with Crippen molar-refractivity contribution in [3.8, 4) is 5.75 Å². The number of likely N-dealkylation sites (N-methyl/N-ethyl adjacent to an activating group) is 1. The van der Waals surface area contributed by atoms with Crippen LogP contribution in [0.4, 0.5) is 5.69 Å². The van der Waals surface area contributed by atoms with Crippen LogP contribution in [0.5, 0.6) is 5.75 Å². The van der Waals surface area contributed by atoms with Crippen LogP contribution in [0.2, 0.25) is 5.02 Å². The molecule has 0 unspecified atom stereocenters. The fourth-order valence-electron chi connectivity index (χ4n) is 2.57. The van der Waals surface area contributed by atoms with Gasteiger partial charge in [-0.3, -0.25) is 4.79 Å². The van der Waals surface area contributed by atoms with E-state index in [2.05, 4.69) is 5.32 Å². The van der Waals surface area contributed by atoms with Crippen molar-refractivity contribution in [2.45, 2.75) is 25.7 Å². The van der Waals surface area contributed by atoms with Gasteiger partial charge in [0, 0.05) is 12.7 Å². The van der Waals surface area contributed by atoms with Crippen LogP contribution in [0.1, 0.15) is 18.1 Å². The summed E-state index contributed by atoms with van der Waals surface area (Å²) >= 11 is 6.08. The van der Waals surface area contributed by atoms with Gasteiger partial charge in [-0.1, -0.05) is 29.8 Å². The third kappa shape index (κ3) is 5.00. The van der Waals surface area contributed by atoms with Gasteiger partial charge in [-0.05, 0) is 50.1 Å². The van der Waals surface area contributed by atoms with E-state index in [1.54, 1.807) is 0 Å². The number of sulfonamides is 1. The summed E-state index contributed by atoms with van der Waals surface area (Å²) in [4.78, 5) is 12.3. The van der Waals surface area contributed by atoms with Crippen molar-refractivity contribution < 1.29 is 17.9 Å². The molecule has 0 spiro atoms. The number of nitrogens with one attached hydrogen (secondary N) is 1. The normalized spacial score (nSPS) is 11.5. The van der Waals surface area contributed by atoms with Crippen LogP contribution in [0.15, 0.2) is 41.3 Å². The lowest BCUT2D eigenvalue weighted by Gasteiger charge is -2.18. The van der Waals surface area contributed by atoms with Gasteiger partial charge >= 0.3 is 0 Å². The SMILES string of the molecule is CCOc1ccc(S(=O)(=O)N(C)CC(=O)Nc2c(C)cccc2C)cc1Cl. The summed E-state index contributed by atoms with van der Waals surface area (Å²) in [5.41, 5.74) is 2.51. The average molecular weight is 411 g/mol. The smallest absolute Gasteiger partial charge is 0.243 e. The highest BCUT2D eigenvalue weighted by Gasteiger charge is 2.24. The molecular formula is C19H23ClN2O4S. The monoisotopic (exact) mass is 410 g/mol. The molecule has 0 saturated heterocycles. The fraction of sp³-hybridized carbons (Fsp3) is 0.316. The number of hydrogen-bond acceptors (Lipinski definition) is 4. The molecule has 0 aliphatic heterocycles. The number of carbonyl (C=O) groups is 1. The predicted octanol–water partition coefficient (Wildman–Crippen LogP) is 3.61. The van der Waals surface area contributed by atoms with Crippen molar-refractivity contribution in [2.24, 2.45) is 0 Å². The second-order valence-electron chi connectivity index (χ2n) is 6.10. The molecule has 2 rings (SSSR count). The summed E-state index contributed by atoms with van der Waals surface area (Å²) < 4.78 is 31.7. The zero-order chi connectivity index (χ0) is 20.2. The molecule has 146 valence electrons. The molecular weight excluding hydrogens is 388 g/mol. The molecule has 0 fully saturated rings. The molecule has 0 aromatic heterocycles.